The Morgan fingerprint density at radius 3 is 2.39 bits per heavy atom. The summed E-state index contributed by atoms with van der Waals surface area (Å²) in [7, 11) is 5.24. The van der Waals surface area contributed by atoms with Gasteiger partial charge in [-0.3, -0.25) is 19.3 Å². The summed E-state index contributed by atoms with van der Waals surface area (Å²) in [6.45, 7) is 0.428. The van der Waals surface area contributed by atoms with Crippen LogP contribution in [0.5, 0.6) is 0 Å². The maximum absolute atomic E-state index is 14.3. The molecule has 1 atom stereocenters. The first-order valence-corrected chi connectivity index (χ1v) is 11.6. The lowest BCUT2D eigenvalue weighted by atomic mass is 10.0. The second-order valence-electron chi connectivity index (χ2n) is 7.97. The van der Waals surface area contributed by atoms with E-state index in [1.165, 1.54) is 25.3 Å². The van der Waals surface area contributed by atoms with Gasteiger partial charge in [0.05, 0.1) is 12.3 Å². The van der Waals surface area contributed by atoms with E-state index < -0.39 is 29.6 Å². The number of amides is 3. The van der Waals surface area contributed by atoms with E-state index in [1.54, 1.807) is 24.3 Å². The average molecular weight is 515 g/mol. The molecule has 0 radical (unpaired) electrons. The van der Waals surface area contributed by atoms with Crippen molar-refractivity contribution in [3.8, 4) is 0 Å². The van der Waals surface area contributed by atoms with Gasteiger partial charge < -0.3 is 26.4 Å². The molecule has 3 rings (SSSR count). The molecular formula is C24H27FN6O4S. The van der Waals surface area contributed by atoms with Crippen molar-refractivity contribution in [3.63, 3.8) is 0 Å². The Labute approximate surface area is 211 Å². The van der Waals surface area contributed by atoms with Crippen LogP contribution in [0.2, 0.25) is 0 Å². The number of nitrogens with zero attached hydrogens (tertiary/aromatic N) is 3. The molecule has 0 aliphatic carbocycles. The first-order valence-electron chi connectivity index (χ1n) is 10.8. The van der Waals surface area contributed by atoms with E-state index in [4.69, 9.17) is 16.2 Å². The summed E-state index contributed by atoms with van der Waals surface area (Å²) >= 11 is 0.673. The minimum absolute atomic E-state index is 0.104. The molecule has 0 saturated carbocycles. The zero-order chi connectivity index (χ0) is 26.4. The Kier molecular flexibility index (Phi) is 8.56. The highest BCUT2D eigenvalue weighted by Crippen LogP contribution is 2.34. The molecule has 1 heterocycles. The van der Waals surface area contributed by atoms with Crippen molar-refractivity contribution < 1.29 is 23.5 Å². The highest BCUT2D eigenvalue weighted by molar-refractivity contribution is 7.09. The lowest BCUT2D eigenvalue weighted by molar-refractivity contribution is -0.122. The molecule has 0 aliphatic rings. The second kappa shape index (κ2) is 11.6. The van der Waals surface area contributed by atoms with E-state index in [1.807, 2.05) is 19.0 Å². The van der Waals surface area contributed by atoms with Crippen molar-refractivity contribution in [2.45, 2.75) is 6.04 Å². The summed E-state index contributed by atoms with van der Waals surface area (Å²) in [5.41, 5.74) is 12.3. The number of ether oxygens (including phenoxy) is 1. The van der Waals surface area contributed by atoms with E-state index in [0.717, 1.165) is 16.7 Å². The molecule has 0 unspecified atom stereocenters. The van der Waals surface area contributed by atoms with Crippen LogP contribution in [0.15, 0.2) is 48.5 Å². The summed E-state index contributed by atoms with van der Waals surface area (Å²) in [5.74, 6) is -2.78. The third-order valence-corrected chi connectivity index (χ3v) is 6.15. The van der Waals surface area contributed by atoms with E-state index in [9.17, 15) is 18.8 Å². The zero-order valence-electron chi connectivity index (χ0n) is 20.0. The number of rotatable bonds is 10. The summed E-state index contributed by atoms with van der Waals surface area (Å²) in [5, 5.41) is 2.75. The minimum Gasteiger partial charge on any atom is -0.395 e. The van der Waals surface area contributed by atoms with E-state index in [2.05, 4.69) is 9.69 Å². The number of nitrogen functional groups attached to an aromatic ring is 1. The number of nitrogens with one attached hydrogen (secondary N) is 1. The van der Waals surface area contributed by atoms with E-state index in [-0.39, 0.29) is 35.1 Å². The number of hydrogen-bond acceptors (Lipinski definition) is 8. The number of benzene rings is 2. The molecule has 3 aromatic rings. The molecule has 2 aromatic carbocycles. The van der Waals surface area contributed by atoms with Crippen LogP contribution in [0.25, 0.3) is 0 Å². The Morgan fingerprint density at radius 1 is 1.14 bits per heavy atom. The third kappa shape index (κ3) is 5.78. The number of hydrogen-bond donors (Lipinski definition) is 3. The fourth-order valence-electron chi connectivity index (χ4n) is 3.49. The van der Waals surface area contributed by atoms with Gasteiger partial charge in [0.1, 0.15) is 16.7 Å². The Hall–Kier alpha value is -4.03. The van der Waals surface area contributed by atoms with Crippen LogP contribution < -0.4 is 26.6 Å². The van der Waals surface area contributed by atoms with Crippen molar-refractivity contribution >= 4 is 46.3 Å². The van der Waals surface area contributed by atoms with Gasteiger partial charge in [-0.05, 0) is 47.4 Å². The van der Waals surface area contributed by atoms with Crippen LogP contribution in [0.1, 0.15) is 31.8 Å². The van der Waals surface area contributed by atoms with Crippen molar-refractivity contribution in [2.24, 2.45) is 5.73 Å². The van der Waals surface area contributed by atoms with Gasteiger partial charge in [-0.15, -0.1) is 0 Å². The number of carbonyl (C=O) groups is 3. The Bertz CT molecular complexity index is 1250. The van der Waals surface area contributed by atoms with Crippen LogP contribution >= 0.6 is 11.5 Å². The number of aromatic nitrogens is 1. The molecular weight excluding hydrogens is 487 g/mol. The highest BCUT2D eigenvalue weighted by Gasteiger charge is 2.36. The molecule has 1 aromatic heterocycles. The summed E-state index contributed by atoms with van der Waals surface area (Å²) in [6, 6.07) is 11.1. The van der Waals surface area contributed by atoms with Crippen LogP contribution in [0, 0.1) is 5.82 Å². The fraction of sp³-hybridized carbons (Fsp3) is 0.250. The van der Waals surface area contributed by atoms with Gasteiger partial charge in [-0.1, -0.05) is 18.2 Å². The molecule has 0 aliphatic heterocycles. The lowest BCUT2D eigenvalue weighted by Crippen LogP contribution is -2.44. The van der Waals surface area contributed by atoms with Gasteiger partial charge in [0.2, 0.25) is 5.91 Å². The molecule has 0 spiro atoms. The minimum atomic E-state index is -1.22. The van der Waals surface area contributed by atoms with Crippen molar-refractivity contribution in [2.75, 3.05) is 49.9 Å². The van der Waals surface area contributed by atoms with E-state index >= 15 is 0 Å². The first kappa shape index (κ1) is 26.6. The molecule has 3 amide bonds. The van der Waals surface area contributed by atoms with Crippen molar-refractivity contribution in [1.29, 1.82) is 0 Å². The quantitative estimate of drug-likeness (QED) is 0.352. The van der Waals surface area contributed by atoms with Crippen molar-refractivity contribution in [3.05, 3.63) is 70.5 Å². The molecule has 5 N–H and O–H groups in total. The summed E-state index contributed by atoms with van der Waals surface area (Å²) < 4.78 is 23.2. The van der Waals surface area contributed by atoms with Gasteiger partial charge in [-0.25, -0.2) is 4.39 Å². The average Bonchev–Trinajstić information content (AvgIpc) is 3.23. The summed E-state index contributed by atoms with van der Waals surface area (Å²) in [4.78, 5) is 41.9. The fourth-order valence-corrected chi connectivity index (χ4v) is 4.24. The standard InChI is InChI=1S/C24H27FN6O4S/c1-30(2)16-9-7-14(8-10-16)20(23(33)28-11-12-35-3)31(17-6-4-5-15(25)13-17)24(34)21-18(26)19(22(27)32)29-36-21/h4-10,13,20H,11-12,26H2,1-3H3,(H2,27,32)(H,28,33)/t20-/m1/s1. The summed E-state index contributed by atoms with van der Waals surface area (Å²) in [6.07, 6.45) is 0. The SMILES string of the molecule is COCCNC(=O)[C@@H](c1ccc(N(C)C)cc1)N(C(=O)c1snc(C(N)=O)c1N)c1cccc(F)c1. The predicted octanol–water partition coefficient (Wildman–Crippen LogP) is 2.18. The molecule has 12 heteroatoms. The number of anilines is 3. The third-order valence-electron chi connectivity index (χ3n) is 5.30. The first-order chi connectivity index (χ1) is 17.1. The molecule has 36 heavy (non-hydrogen) atoms. The Balaban J connectivity index is 2.18. The van der Waals surface area contributed by atoms with Gasteiger partial charge in [0.25, 0.3) is 11.8 Å². The Morgan fingerprint density at radius 2 is 1.83 bits per heavy atom. The van der Waals surface area contributed by atoms with Gasteiger partial charge in [-0.2, -0.15) is 4.37 Å². The van der Waals surface area contributed by atoms with Crippen LogP contribution in [-0.2, 0) is 9.53 Å². The monoisotopic (exact) mass is 514 g/mol. The second-order valence-corrected chi connectivity index (χ2v) is 8.74. The van der Waals surface area contributed by atoms with Gasteiger partial charge in [0.15, 0.2) is 5.69 Å². The van der Waals surface area contributed by atoms with Crippen LogP contribution in [0.4, 0.5) is 21.5 Å². The topological polar surface area (TPSA) is 144 Å². The molecule has 190 valence electrons. The number of nitrogens with two attached hydrogens (primary N) is 2. The normalized spacial score (nSPS) is 11.6. The van der Waals surface area contributed by atoms with Gasteiger partial charge >= 0.3 is 0 Å². The maximum Gasteiger partial charge on any atom is 0.273 e. The van der Waals surface area contributed by atoms with Crippen LogP contribution in [0.3, 0.4) is 0 Å². The lowest BCUT2D eigenvalue weighted by Gasteiger charge is -2.31. The highest BCUT2D eigenvalue weighted by atomic mass is 32.1. The molecule has 10 nitrogen and oxygen atoms in total. The smallest absolute Gasteiger partial charge is 0.273 e. The number of methoxy groups -OCH3 is 1. The molecule has 0 saturated heterocycles. The maximum atomic E-state index is 14.3. The zero-order valence-corrected chi connectivity index (χ0v) is 20.8. The van der Waals surface area contributed by atoms with E-state index in [0.29, 0.717) is 17.1 Å². The number of halogens is 1. The molecule has 0 fully saturated rings. The van der Waals surface area contributed by atoms with Crippen molar-refractivity contribution in [1.82, 2.24) is 9.69 Å². The largest absolute Gasteiger partial charge is 0.395 e. The molecule has 0 bridgehead atoms. The number of primary amides is 1. The predicted molar refractivity (Wildman–Crippen MR) is 137 cm³/mol. The number of carbonyl (C=O) groups excluding carboxylic acids is 3. The van der Waals surface area contributed by atoms with Gasteiger partial charge in [0, 0.05) is 39.1 Å². The van der Waals surface area contributed by atoms with Crippen LogP contribution in [-0.4, -0.2) is 56.5 Å².